The number of hydrogen-bond donors (Lipinski definition) is 1. The molecular formula is C19H20N6O. The second-order valence-corrected chi connectivity index (χ2v) is 6.39. The Bertz CT molecular complexity index is 913. The van der Waals surface area contributed by atoms with Crippen molar-refractivity contribution in [3.05, 3.63) is 54.6 Å². The Balaban J connectivity index is 1.50. The number of benzene rings is 1. The third kappa shape index (κ3) is 3.34. The summed E-state index contributed by atoms with van der Waals surface area (Å²) < 4.78 is 0. The molecule has 0 aliphatic carbocycles. The Kier molecular flexibility index (Phi) is 4.45. The molecule has 0 atom stereocenters. The predicted octanol–water partition coefficient (Wildman–Crippen LogP) is 2.16. The molecule has 1 aliphatic heterocycles. The maximum atomic E-state index is 12.5. The molecule has 4 rings (SSSR count). The van der Waals surface area contributed by atoms with E-state index in [-0.39, 0.29) is 5.91 Å². The molecule has 1 saturated heterocycles. The summed E-state index contributed by atoms with van der Waals surface area (Å²) in [4.78, 5) is 29.6. The molecule has 0 bridgehead atoms. The van der Waals surface area contributed by atoms with Crippen molar-refractivity contribution in [1.29, 1.82) is 0 Å². The van der Waals surface area contributed by atoms with E-state index in [1.54, 1.807) is 12.4 Å². The number of carbonyl (C=O) groups is 1. The minimum Gasteiger partial charge on any atom is -0.337 e. The minimum atomic E-state index is -0.0658. The van der Waals surface area contributed by atoms with Crippen molar-refractivity contribution in [3.8, 4) is 0 Å². The molecule has 0 saturated carbocycles. The number of aromatic nitrogens is 3. The molecule has 3 aromatic rings. The quantitative estimate of drug-likeness (QED) is 0.782. The number of anilines is 2. The van der Waals surface area contributed by atoms with Gasteiger partial charge in [0.1, 0.15) is 11.5 Å². The topological polar surface area (TPSA) is 74.2 Å². The third-order valence-corrected chi connectivity index (χ3v) is 4.56. The molecule has 1 aliphatic rings. The van der Waals surface area contributed by atoms with Gasteiger partial charge in [-0.05, 0) is 19.2 Å². The zero-order valence-corrected chi connectivity index (χ0v) is 14.6. The number of fused-ring (bicyclic) bond motifs is 1. The van der Waals surface area contributed by atoms with Crippen molar-refractivity contribution in [2.45, 2.75) is 0 Å². The summed E-state index contributed by atoms with van der Waals surface area (Å²) in [5.74, 6) is 0.516. The summed E-state index contributed by atoms with van der Waals surface area (Å²) in [6.45, 7) is 3.21. The molecule has 1 N–H and O–H groups in total. The van der Waals surface area contributed by atoms with E-state index < -0.39 is 0 Å². The highest BCUT2D eigenvalue weighted by atomic mass is 16.2. The van der Waals surface area contributed by atoms with E-state index in [0.717, 1.165) is 42.8 Å². The van der Waals surface area contributed by atoms with Crippen LogP contribution in [-0.4, -0.2) is 63.9 Å². The Morgan fingerprint density at radius 2 is 1.81 bits per heavy atom. The van der Waals surface area contributed by atoms with Crippen LogP contribution in [0.5, 0.6) is 0 Å². The van der Waals surface area contributed by atoms with Gasteiger partial charge in [0.15, 0.2) is 0 Å². The number of para-hydroxylation sites is 1. The van der Waals surface area contributed by atoms with Gasteiger partial charge < -0.3 is 15.1 Å². The van der Waals surface area contributed by atoms with E-state index in [1.807, 2.05) is 35.2 Å². The molecule has 1 aromatic carbocycles. The molecule has 0 spiro atoms. The van der Waals surface area contributed by atoms with Crippen molar-refractivity contribution in [2.24, 2.45) is 0 Å². The van der Waals surface area contributed by atoms with E-state index >= 15 is 0 Å². The van der Waals surface area contributed by atoms with Gasteiger partial charge in [-0.1, -0.05) is 18.2 Å². The molecular weight excluding hydrogens is 328 g/mol. The second-order valence-electron chi connectivity index (χ2n) is 6.39. The first-order chi connectivity index (χ1) is 12.7. The highest BCUT2D eigenvalue weighted by Crippen LogP contribution is 2.23. The fourth-order valence-electron chi connectivity index (χ4n) is 3.02. The molecule has 3 heterocycles. The van der Waals surface area contributed by atoms with Crippen molar-refractivity contribution >= 4 is 28.3 Å². The van der Waals surface area contributed by atoms with E-state index in [0.29, 0.717) is 11.5 Å². The monoisotopic (exact) mass is 348 g/mol. The molecule has 7 heteroatoms. The number of likely N-dealkylation sites (N-methyl/N-ethyl adjacent to an activating group) is 1. The first-order valence-electron chi connectivity index (χ1n) is 8.61. The smallest absolute Gasteiger partial charge is 0.274 e. The van der Waals surface area contributed by atoms with E-state index in [2.05, 4.69) is 32.2 Å². The van der Waals surface area contributed by atoms with Gasteiger partial charge in [0.2, 0.25) is 0 Å². The third-order valence-electron chi connectivity index (χ3n) is 4.56. The lowest BCUT2D eigenvalue weighted by atomic mass is 10.2. The van der Waals surface area contributed by atoms with E-state index in [4.69, 9.17) is 0 Å². The van der Waals surface area contributed by atoms with Gasteiger partial charge in [-0.25, -0.2) is 9.97 Å². The summed E-state index contributed by atoms with van der Waals surface area (Å²) in [6, 6.07) is 9.84. The molecule has 7 nitrogen and oxygen atoms in total. The fraction of sp³-hybridized carbons (Fsp3) is 0.263. The van der Waals surface area contributed by atoms with Crippen molar-refractivity contribution in [1.82, 2.24) is 24.8 Å². The lowest BCUT2D eigenvalue weighted by Crippen LogP contribution is -2.47. The van der Waals surface area contributed by atoms with Gasteiger partial charge in [0.25, 0.3) is 5.91 Å². The van der Waals surface area contributed by atoms with Crippen LogP contribution in [0.4, 0.5) is 11.5 Å². The maximum Gasteiger partial charge on any atom is 0.274 e. The first kappa shape index (κ1) is 16.4. The Morgan fingerprint density at radius 1 is 1.00 bits per heavy atom. The molecule has 1 amide bonds. The highest BCUT2D eigenvalue weighted by molar-refractivity contribution is 5.93. The number of rotatable bonds is 3. The van der Waals surface area contributed by atoms with Crippen LogP contribution >= 0.6 is 0 Å². The number of hydrogen-bond acceptors (Lipinski definition) is 6. The number of carbonyl (C=O) groups excluding carboxylic acids is 1. The van der Waals surface area contributed by atoms with Crippen LogP contribution in [0.3, 0.4) is 0 Å². The molecule has 2 aromatic heterocycles. The van der Waals surface area contributed by atoms with Gasteiger partial charge in [-0.2, -0.15) is 0 Å². The van der Waals surface area contributed by atoms with Gasteiger partial charge in [0.05, 0.1) is 23.6 Å². The molecule has 1 fully saturated rings. The van der Waals surface area contributed by atoms with Crippen LogP contribution in [-0.2, 0) is 0 Å². The average Bonchev–Trinajstić information content (AvgIpc) is 2.69. The maximum absolute atomic E-state index is 12.5. The lowest BCUT2D eigenvalue weighted by molar-refractivity contribution is 0.0658. The zero-order chi connectivity index (χ0) is 17.9. The zero-order valence-electron chi connectivity index (χ0n) is 14.6. The van der Waals surface area contributed by atoms with Gasteiger partial charge in [-0.3, -0.25) is 9.78 Å². The van der Waals surface area contributed by atoms with Crippen LogP contribution in [0.2, 0.25) is 0 Å². The Labute approximate surface area is 151 Å². The number of pyridine rings is 1. The molecule has 0 radical (unpaired) electrons. The van der Waals surface area contributed by atoms with Crippen molar-refractivity contribution in [2.75, 3.05) is 38.5 Å². The molecule has 132 valence electrons. The number of amides is 1. The average molecular weight is 348 g/mol. The van der Waals surface area contributed by atoms with E-state index in [9.17, 15) is 4.79 Å². The number of nitrogens with one attached hydrogen (secondary N) is 1. The Morgan fingerprint density at radius 3 is 2.58 bits per heavy atom. The lowest BCUT2D eigenvalue weighted by Gasteiger charge is -2.32. The van der Waals surface area contributed by atoms with Crippen LogP contribution in [0.25, 0.3) is 10.9 Å². The first-order valence-corrected chi connectivity index (χ1v) is 8.61. The van der Waals surface area contributed by atoms with E-state index in [1.165, 1.54) is 6.20 Å². The standard InChI is InChI=1S/C19H20N6O/c1-24-8-10-25(11-9-24)19(26)16-12-22-17(13-21-16)23-15-6-2-4-14-5-3-7-20-18(14)15/h2-7,12-13H,8-11H2,1H3,(H,22,23). The minimum absolute atomic E-state index is 0.0658. The van der Waals surface area contributed by atoms with Gasteiger partial charge in [-0.15, -0.1) is 0 Å². The van der Waals surface area contributed by atoms with Crippen LogP contribution < -0.4 is 5.32 Å². The predicted molar refractivity (Wildman–Crippen MR) is 100 cm³/mol. The SMILES string of the molecule is CN1CCN(C(=O)c2cnc(Nc3cccc4cccnc34)cn2)CC1. The summed E-state index contributed by atoms with van der Waals surface area (Å²) in [5, 5.41) is 4.28. The summed E-state index contributed by atoms with van der Waals surface area (Å²) in [7, 11) is 2.06. The van der Waals surface area contributed by atoms with Gasteiger partial charge in [0, 0.05) is 37.8 Å². The summed E-state index contributed by atoms with van der Waals surface area (Å²) in [5.41, 5.74) is 2.10. The summed E-state index contributed by atoms with van der Waals surface area (Å²) in [6.07, 6.45) is 4.88. The summed E-state index contributed by atoms with van der Waals surface area (Å²) >= 11 is 0. The molecule has 0 unspecified atom stereocenters. The van der Waals surface area contributed by atoms with Crippen molar-refractivity contribution in [3.63, 3.8) is 0 Å². The highest BCUT2D eigenvalue weighted by Gasteiger charge is 2.21. The largest absolute Gasteiger partial charge is 0.337 e. The van der Waals surface area contributed by atoms with Gasteiger partial charge >= 0.3 is 0 Å². The second kappa shape index (κ2) is 7.05. The molecule has 26 heavy (non-hydrogen) atoms. The van der Waals surface area contributed by atoms with Crippen LogP contribution in [0.1, 0.15) is 10.5 Å². The van der Waals surface area contributed by atoms with Crippen LogP contribution in [0.15, 0.2) is 48.9 Å². The fourth-order valence-corrected chi connectivity index (χ4v) is 3.02. The normalized spacial score (nSPS) is 15.2. The number of piperazine rings is 1. The van der Waals surface area contributed by atoms with Crippen molar-refractivity contribution < 1.29 is 4.79 Å². The Hall–Kier alpha value is -3.06. The number of nitrogens with zero attached hydrogens (tertiary/aromatic N) is 5. The van der Waals surface area contributed by atoms with Crippen LogP contribution in [0, 0.1) is 0 Å².